The molecule has 0 fully saturated rings. The van der Waals surface area contributed by atoms with Gasteiger partial charge in [0.2, 0.25) is 5.91 Å². The van der Waals surface area contributed by atoms with E-state index in [-0.39, 0.29) is 16.4 Å². The van der Waals surface area contributed by atoms with Gasteiger partial charge in [0.05, 0.1) is 16.2 Å². The van der Waals surface area contributed by atoms with Crippen LogP contribution in [-0.4, -0.2) is 30.9 Å². The number of rotatable bonds is 2. The molecule has 7 heteroatoms. The summed E-state index contributed by atoms with van der Waals surface area (Å²) >= 11 is 1.65. The van der Waals surface area contributed by atoms with E-state index in [1.54, 1.807) is 16.4 Å². The minimum atomic E-state index is -0.190. The Morgan fingerprint density at radius 1 is 1.07 bits per heavy atom. The van der Waals surface area contributed by atoms with Crippen molar-refractivity contribution < 1.29 is 4.79 Å². The fraction of sp³-hybridized carbons (Fsp3) is 0.333. The van der Waals surface area contributed by atoms with Gasteiger partial charge in [-0.15, -0.1) is 11.8 Å². The number of nitrogens with one attached hydrogen (secondary N) is 1. The van der Waals surface area contributed by atoms with Crippen LogP contribution in [0.3, 0.4) is 0 Å². The van der Waals surface area contributed by atoms with Crippen LogP contribution >= 0.6 is 11.8 Å². The number of carbonyl (C=O) groups excluding carboxylic acids is 1. The summed E-state index contributed by atoms with van der Waals surface area (Å²) in [7, 11) is 0. The summed E-state index contributed by atoms with van der Waals surface area (Å²) in [6, 6.07) is 10.2. The third kappa shape index (κ3) is 3.20. The third-order valence-electron chi connectivity index (χ3n) is 4.95. The number of hydrogen-bond donors (Lipinski definition) is 1. The molecule has 2 unspecified atom stereocenters. The van der Waals surface area contributed by atoms with E-state index in [1.807, 2.05) is 45.9 Å². The quantitative estimate of drug-likeness (QED) is 0.711. The largest absolute Gasteiger partial charge is 0.309 e. The first kappa shape index (κ1) is 18.7. The highest BCUT2D eigenvalue weighted by atomic mass is 32.2. The Labute approximate surface area is 168 Å². The van der Waals surface area contributed by atoms with Crippen LogP contribution in [0.2, 0.25) is 0 Å². The van der Waals surface area contributed by atoms with Crippen LogP contribution in [0, 0.1) is 27.7 Å². The smallest absolute Gasteiger partial charge is 0.252 e. The van der Waals surface area contributed by atoms with Crippen molar-refractivity contribution >= 4 is 23.5 Å². The van der Waals surface area contributed by atoms with Crippen LogP contribution < -0.4 is 5.32 Å². The zero-order valence-electron chi connectivity index (χ0n) is 16.6. The van der Waals surface area contributed by atoms with E-state index in [0.717, 1.165) is 22.6 Å². The van der Waals surface area contributed by atoms with Crippen LogP contribution in [0.15, 0.2) is 30.3 Å². The molecule has 1 amide bonds. The number of benzene rings is 1. The van der Waals surface area contributed by atoms with Crippen LogP contribution in [0.1, 0.15) is 45.9 Å². The highest BCUT2D eigenvalue weighted by Crippen LogP contribution is 2.46. The number of aryl methyl sites for hydroxylation is 4. The lowest BCUT2D eigenvalue weighted by molar-refractivity contribution is -0.115. The second-order valence-electron chi connectivity index (χ2n) is 7.21. The van der Waals surface area contributed by atoms with E-state index in [1.165, 1.54) is 11.1 Å². The average Bonchev–Trinajstić information content (AvgIpc) is 2.88. The molecule has 2 aromatic heterocycles. The van der Waals surface area contributed by atoms with Gasteiger partial charge in [-0.05, 0) is 51.8 Å². The number of hydrogen-bond acceptors (Lipinski definition) is 5. The molecule has 6 nitrogen and oxygen atoms in total. The molecular weight excluding hydrogens is 370 g/mol. The molecule has 4 rings (SSSR count). The first-order chi connectivity index (χ1) is 13.3. The van der Waals surface area contributed by atoms with Gasteiger partial charge in [0.15, 0.2) is 0 Å². The van der Waals surface area contributed by atoms with E-state index in [4.69, 9.17) is 5.10 Å². The maximum absolute atomic E-state index is 12.8. The monoisotopic (exact) mass is 393 g/mol. The molecule has 144 valence electrons. The molecule has 1 N–H and O–H groups in total. The molecule has 1 aromatic carbocycles. The van der Waals surface area contributed by atoms with Crippen molar-refractivity contribution in [1.29, 1.82) is 0 Å². The summed E-state index contributed by atoms with van der Waals surface area (Å²) < 4.78 is 1.67. The van der Waals surface area contributed by atoms with Crippen molar-refractivity contribution in [2.45, 2.75) is 45.1 Å². The first-order valence-corrected chi connectivity index (χ1v) is 10.2. The number of fused-ring (bicyclic) bond motifs is 1. The van der Waals surface area contributed by atoms with Gasteiger partial charge in [-0.3, -0.25) is 4.79 Å². The molecule has 0 saturated carbocycles. The number of nitrogens with zero attached hydrogens (tertiary/aromatic N) is 4. The molecule has 1 aliphatic heterocycles. The fourth-order valence-electron chi connectivity index (χ4n) is 3.58. The molecule has 0 radical (unpaired) electrons. The zero-order chi connectivity index (χ0) is 20.0. The predicted octanol–water partition coefficient (Wildman–Crippen LogP) is 4.06. The van der Waals surface area contributed by atoms with Crippen molar-refractivity contribution in [1.82, 2.24) is 19.7 Å². The second-order valence-corrected chi connectivity index (χ2v) is 8.67. The lowest BCUT2D eigenvalue weighted by Crippen LogP contribution is -2.23. The normalized spacial score (nSPS) is 19.1. The number of aromatic nitrogens is 4. The van der Waals surface area contributed by atoms with E-state index in [9.17, 15) is 4.79 Å². The summed E-state index contributed by atoms with van der Waals surface area (Å²) in [5.41, 5.74) is 6.00. The zero-order valence-corrected chi connectivity index (χ0v) is 17.5. The van der Waals surface area contributed by atoms with Gasteiger partial charge in [0.25, 0.3) is 5.95 Å². The SMILES string of the molecule is Cc1cc(C)nc(-n2nc(C)c3c2NC(=O)C(C)SC3c2ccccc2C)n1. The molecule has 28 heavy (non-hydrogen) atoms. The summed E-state index contributed by atoms with van der Waals surface area (Å²) in [5, 5.41) is 7.61. The summed E-state index contributed by atoms with van der Waals surface area (Å²) in [4.78, 5) is 21.8. The van der Waals surface area contributed by atoms with Crippen LogP contribution in [0.4, 0.5) is 5.82 Å². The molecule has 1 aliphatic rings. The predicted molar refractivity (Wildman–Crippen MR) is 112 cm³/mol. The average molecular weight is 394 g/mol. The van der Waals surface area contributed by atoms with Crippen molar-refractivity contribution in [3.8, 4) is 5.95 Å². The molecule has 0 aliphatic carbocycles. The van der Waals surface area contributed by atoms with E-state index in [2.05, 4.69) is 34.3 Å². The molecule has 3 heterocycles. The lowest BCUT2D eigenvalue weighted by Gasteiger charge is -2.19. The Bertz CT molecular complexity index is 1050. The molecule has 0 bridgehead atoms. The van der Waals surface area contributed by atoms with Crippen LogP contribution in [-0.2, 0) is 4.79 Å². The van der Waals surface area contributed by atoms with E-state index < -0.39 is 0 Å². The standard InChI is InChI=1S/C21H23N5OS/c1-11-8-6-7-9-16(11)18-17-14(4)25-26(19(17)24-20(27)15(5)28-18)21-22-12(2)10-13(3)23-21/h6-10,15,18H,1-5H3,(H,24,27). The fourth-order valence-corrected chi connectivity index (χ4v) is 5.00. The summed E-state index contributed by atoms with van der Waals surface area (Å²) in [6.07, 6.45) is 0. The molecular formula is C21H23N5OS. The minimum Gasteiger partial charge on any atom is -0.309 e. The number of anilines is 1. The maximum atomic E-state index is 12.8. The van der Waals surface area contributed by atoms with Gasteiger partial charge in [-0.1, -0.05) is 24.3 Å². The summed E-state index contributed by atoms with van der Waals surface area (Å²) in [6.45, 7) is 9.89. The van der Waals surface area contributed by atoms with Crippen LogP contribution in [0.5, 0.6) is 0 Å². The number of amides is 1. The Morgan fingerprint density at radius 3 is 2.43 bits per heavy atom. The van der Waals surface area contributed by atoms with Gasteiger partial charge in [-0.25, -0.2) is 9.97 Å². The van der Waals surface area contributed by atoms with E-state index >= 15 is 0 Å². The summed E-state index contributed by atoms with van der Waals surface area (Å²) in [5.74, 6) is 1.11. The second kappa shape index (κ2) is 7.05. The Hall–Kier alpha value is -2.67. The van der Waals surface area contributed by atoms with E-state index in [0.29, 0.717) is 11.8 Å². The molecule has 0 saturated heterocycles. The van der Waals surface area contributed by atoms with Gasteiger partial charge in [0.1, 0.15) is 5.82 Å². The van der Waals surface area contributed by atoms with Crippen molar-refractivity contribution in [2.24, 2.45) is 0 Å². The lowest BCUT2D eigenvalue weighted by atomic mass is 10.00. The Balaban J connectivity index is 1.95. The highest BCUT2D eigenvalue weighted by Gasteiger charge is 2.35. The maximum Gasteiger partial charge on any atom is 0.252 e. The molecule has 3 aromatic rings. The Kier molecular flexibility index (Phi) is 4.71. The topological polar surface area (TPSA) is 72.7 Å². The molecule has 2 atom stereocenters. The number of carbonyl (C=O) groups is 1. The van der Waals surface area contributed by atoms with Gasteiger partial charge < -0.3 is 5.32 Å². The minimum absolute atomic E-state index is 0.00445. The molecule has 0 spiro atoms. The number of thioether (sulfide) groups is 1. The van der Waals surface area contributed by atoms with Gasteiger partial charge in [-0.2, -0.15) is 9.78 Å². The van der Waals surface area contributed by atoms with Gasteiger partial charge in [0, 0.05) is 17.0 Å². The van der Waals surface area contributed by atoms with Crippen molar-refractivity contribution in [3.63, 3.8) is 0 Å². The van der Waals surface area contributed by atoms with Gasteiger partial charge >= 0.3 is 0 Å². The third-order valence-corrected chi connectivity index (χ3v) is 6.33. The van der Waals surface area contributed by atoms with Crippen molar-refractivity contribution in [3.05, 3.63) is 64.1 Å². The van der Waals surface area contributed by atoms with Crippen LogP contribution in [0.25, 0.3) is 5.95 Å². The first-order valence-electron chi connectivity index (χ1n) is 9.29. The van der Waals surface area contributed by atoms with Crippen molar-refractivity contribution in [2.75, 3.05) is 5.32 Å². The Morgan fingerprint density at radius 2 is 1.75 bits per heavy atom. The highest BCUT2D eigenvalue weighted by molar-refractivity contribution is 8.01.